The topological polar surface area (TPSA) is 92.8 Å². The summed E-state index contributed by atoms with van der Waals surface area (Å²) >= 11 is 0. The van der Waals surface area contributed by atoms with E-state index in [1.54, 1.807) is 30.3 Å². The van der Waals surface area contributed by atoms with Gasteiger partial charge in [0.15, 0.2) is 6.04 Å². The van der Waals surface area contributed by atoms with Crippen molar-refractivity contribution in [3.05, 3.63) is 35.9 Å². The van der Waals surface area contributed by atoms with Crippen LogP contribution < -0.4 is 4.72 Å². The molecule has 7 nitrogen and oxygen atoms in total. The van der Waals surface area contributed by atoms with Gasteiger partial charge in [0.25, 0.3) is 5.91 Å². The van der Waals surface area contributed by atoms with Gasteiger partial charge in [0.05, 0.1) is 7.11 Å². The average molecular weight is 312 g/mol. The van der Waals surface area contributed by atoms with Crippen LogP contribution in [0.1, 0.15) is 12.5 Å². The Balaban J connectivity index is 2.37. The van der Waals surface area contributed by atoms with Crippen LogP contribution in [0.15, 0.2) is 30.3 Å². The van der Waals surface area contributed by atoms with E-state index in [0.717, 1.165) is 12.7 Å². The SMILES string of the molecule is COC(=O)C(Cc1ccccc1)N1C(=O)[C@@H](C)NS1(=O)=O. The van der Waals surface area contributed by atoms with Crippen molar-refractivity contribution < 1.29 is 22.7 Å². The van der Waals surface area contributed by atoms with Crippen LogP contribution >= 0.6 is 0 Å². The van der Waals surface area contributed by atoms with Crippen LogP contribution in [-0.4, -0.2) is 43.8 Å². The third-order valence-electron chi connectivity index (χ3n) is 3.20. The zero-order valence-electron chi connectivity index (χ0n) is 11.6. The number of hydrogen-bond acceptors (Lipinski definition) is 5. The Kier molecular flexibility index (Phi) is 4.29. The van der Waals surface area contributed by atoms with Crippen molar-refractivity contribution in [3.8, 4) is 0 Å². The van der Waals surface area contributed by atoms with Gasteiger partial charge >= 0.3 is 16.2 Å². The van der Waals surface area contributed by atoms with Crippen molar-refractivity contribution in [1.29, 1.82) is 0 Å². The Morgan fingerprint density at radius 2 is 2.00 bits per heavy atom. The number of hydrogen-bond donors (Lipinski definition) is 1. The number of carbonyl (C=O) groups excluding carboxylic acids is 2. The fourth-order valence-corrected chi connectivity index (χ4v) is 3.75. The van der Waals surface area contributed by atoms with Gasteiger partial charge in [0.1, 0.15) is 6.04 Å². The predicted molar refractivity (Wildman–Crippen MR) is 74.3 cm³/mol. The van der Waals surface area contributed by atoms with Crippen molar-refractivity contribution in [2.45, 2.75) is 25.4 Å². The number of nitrogens with zero attached hydrogens (tertiary/aromatic N) is 1. The number of rotatable bonds is 4. The van der Waals surface area contributed by atoms with E-state index in [9.17, 15) is 18.0 Å². The Bertz CT molecular complexity index is 644. The number of carbonyl (C=O) groups is 2. The molecule has 1 unspecified atom stereocenters. The van der Waals surface area contributed by atoms with Crippen LogP contribution in [0.3, 0.4) is 0 Å². The summed E-state index contributed by atoms with van der Waals surface area (Å²) in [6, 6.07) is 6.73. The number of benzene rings is 1. The molecule has 0 spiro atoms. The molecule has 0 radical (unpaired) electrons. The summed E-state index contributed by atoms with van der Waals surface area (Å²) in [5.41, 5.74) is 0.732. The van der Waals surface area contributed by atoms with Crippen LogP contribution in [0.2, 0.25) is 0 Å². The molecule has 1 heterocycles. The highest BCUT2D eigenvalue weighted by molar-refractivity contribution is 7.88. The second kappa shape index (κ2) is 5.82. The van der Waals surface area contributed by atoms with Gasteiger partial charge < -0.3 is 4.74 Å². The van der Waals surface area contributed by atoms with E-state index in [-0.39, 0.29) is 6.42 Å². The summed E-state index contributed by atoms with van der Waals surface area (Å²) in [4.78, 5) is 24.0. The minimum atomic E-state index is -4.03. The smallest absolute Gasteiger partial charge is 0.330 e. The number of amides is 1. The van der Waals surface area contributed by atoms with E-state index in [0.29, 0.717) is 4.31 Å². The first-order valence-corrected chi connectivity index (χ1v) is 7.78. The standard InChI is InChI=1S/C13H16N2O5S/c1-9-12(16)15(21(18,19)14-9)11(13(17)20-2)8-10-6-4-3-5-7-10/h3-7,9,11,14H,8H2,1-2H3/t9-,11?/m1/s1. The molecule has 21 heavy (non-hydrogen) atoms. The van der Waals surface area contributed by atoms with Gasteiger partial charge in [-0.25, -0.2) is 9.10 Å². The molecule has 2 rings (SSSR count). The van der Waals surface area contributed by atoms with E-state index < -0.39 is 34.2 Å². The maximum Gasteiger partial charge on any atom is 0.330 e. The van der Waals surface area contributed by atoms with Crippen LogP contribution in [0.4, 0.5) is 0 Å². The van der Waals surface area contributed by atoms with Gasteiger partial charge in [0.2, 0.25) is 0 Å². The number of ether oxygens (including phenoxy) is 1. The Labute approximate surface area is 123 Å². The van der Waals surface area contributed by atoms with Crippen LogP contribution in [-0.2, 0) is 31.0 Å². The molecule has 1 aromatic carbocycles. The number of nitrogens with one attached hydrogen (secondary N) is 1. The molecule has 1 saturated heterocycles. The largest absolute Gasteiger partial charge is 0.467 e. The molecule has 2 atom stereocenters. The van der Waals surface area contributed by atoms with E-state index in [1.165, 1.54) is 6.92 Å². The summed E-state index contributed by atoms with van der Waals surface area (Å²) in [6.45, 7) is 1.43. The minimum Gasteiger partial charge on any atom is -0.467 e. The van der Waals surface area contributed by atoms with Gasteiger partial charge in [-0.05, 0) is 12.5 Å². The van der Waals surface area contributed by atoms with Gasteiger partial charge in [-0.3, -0.25) is 4.79 Å². The maximum absolute atomic E-state index is 12.0. The Morgan fingerprint density at radius 3 is 2.48 bits per heavy atom. The first kappa shape index (κ1) is 15.5. The minimum absolute atomic E-state index is 0.0624. The molecule has 1 fully saturated rings. The van der Waals surface area contributed by atoms with Crippen molar-refractivity contribution >= 4 is 22.1 Å². The first-order chi connectivity index (χ1) is 9.86. The molecule has 0 aliphatic carbocycles. The second-order valence-corrected chi connectivity index (χ2v) is 6.29. The van der Waals surface area contributed by atoms with Gasteiger partial charge in [-0.1, -0.05) is 30.3 Å². The van der Waals surface area contributed by atoms with E-state index in [2.05, 4.69) is 9.46 Å². The lowest BCUT2D eigenvalue weighted by molar-refractivity contribution is -0.148. The van der Waals surface area contributed by atoms with Crippen LogP contribution in [0.5, 0.6) is 0 Å². The summed E-state index contributed by atoms with van der Waals surface area (Å²) in [5.74, 6) is -1.44. The second-order valence-electron chi connectivity index (χ2n) is 4.71. The Morgan fingerprint density at radius 1 is 1.38 bits per heavy atom. The molecule has 114 valence electrons. The molecule has 1 aliphatic rings. The molecule has 8 heteroatoms. The summed E-state index contributed by atoms with van der Waals surface area (Å²) < 4.78 is 31.4. The van der Waals surface area contributed by atoms with E-state index in [1.807, 2.05) is 0 Å². The highest BCUT2D eigenvalue weighted by atomic mass is 32.2. The molecule has 0 bridgehead atoms. The Hall–Kier alpha value is -1.93. The average Bonchev–Trinajstić information content (AvgIpc) is 2.65. The first-order valence-electron chi connectivity index (χ1n) is 6.34. The normalized spacial score (nSPS) is 22.1. The highest BCUT2D eigenvalue weighted by Gasteiger charge is 2.47. The lowest BCUT2D eigenvalue weighted by Crippen LogP contribution is -2.47. The predicted octanol–water partition coefficient (Wildman–Crippen LogP) is -0.164. The molecule has 0 saturated carbocycles. The molecule has 1 aliphatic heterocycles. The lowest BCUT2D eigenvalue weighted by Gasteiger charge is -2.23. The molecule has 1 N–H and O–H groups in total. The van der Waals surface area contributed by atoms with Crippen molar-refractivity contribution in [1.82, 2.24) is 9.03 Å². The van der Waals surface area contributed by atoms with E-state index >= 15 is 0 Å². The fourth-order valence-electron chi connectivity index (χ4n) is 2.20. The van der Waals surface area contributed by atoms with Gasteiger partial charge in [-0.2, -0.15) is 13.1 Å². The number of methoxy groups -OCH3 is 1. The van der Waals surface area contributed by atoms with Crippen LogP contribution in [0.25, 0.3) is 0 Å². The maximum atomic E-state index is 12.0. The quantitative estimate of drug-likeness (QED) is 0.780. The van der Waals surface area contributed by atoms with Gasteiger partial charge in [0, 0.05) is 6.42 Å². The number of esters is 1. The zero-order valence-corrected chi connectivity index (χ0v) is 12.5. The third kappa shape index (κ3) is 3.06. The zero-order chi connectivity index (χ0) is 15.6. The molecule has 0 aromatic heterocycles. The summed E-state index contributed by atoms with van der Waals surface area (Å²) in [5, 5.41) is 0. The van der Waals surface area contributed by atoms with Gasteiger partial charge in [-0.15, -0.1) is 0 Å². The van der Waals surface area contributed by atoms with Crippen molar-refractivity contribution in [2.24, 2.45) is 0 Å². The van der Waals surface area contributed by atoms with Crippen molar-refractivity contribution in [3.63, 3.8) is 0 Å². The van der Waals surface area contributed by atoms with Crippen LogP contribution in [0, 0.1) is 0 Å². The molecular weight excluding hydrogens is 296 g/mol. The highest BCUT2D eigenvalue weighted by Crippen LogP contribution is 2.20. The third-order valence-corrected chi connectivity index (χ3v) is 4.80. The lowest BCUT2D eigenvalue weighted by atomic mass is 10.1. The molecular formula is C13H16N2O5S. The monoisotopic (exact) mass is 312 g/mol. The summed E-state index contributed by atoms with van der Waals surface area (Å²) in [7, 11) is -2.87. The van der Waals surface area contributed by atoms with E-state index in [4.69, 9.17) is 0 Å². The molecule has 1 amide bonds. The molecule has 1 aromatic rings. The van der Waals surface area contributed by atoms with Crippen molar-refractivity contribution in [2.75, 3.05) is 7.11 Å². The summed E-state index contributed by atoms with van der Waals surface area (Å²) in [6.07, 6.45) is 0.0624. The fraction of sp³-hybridized carbons (Fsp3) is 0.385.